The normalized spacial score (nSPS) is 16.7. The number of hydrogen-bond donors (Lipinski definition) is 1. The summed E-state index contributed by atoms with van der Waals surface area (Å²) < 4.78 is 22.1. The van der Waals surface area contributed by atoms with E-state index in [4.69, 9.17) is 24.7 Å². The van der Waals surface area contributed by atoms with Crippen molar-refractivity contribution >= 4 is 11.7 Å². The summed E-state index contributed by atoms with van der Waals surface area (Å²) in [6, 6.07) is 14.4. The molecule has 0 spiro atoms. The van der Waals surface area contributed by atoms with Gasteiger partial charge in [-0.2, -0.15) is 0 Å². The molecule has 0 amide bonds. The zero-order valence-electron chi connectivity index (χ0n) is 15.3. The van der Waals surface area contributed by atoms with Crippen molar-refractivity contribution in [2.45, 2.75) is 32.2 Å². The Hall–Kier alpha value is -2.57. The van der Waals surface area contributed by atoms with Gasteiger partial charge in [-0.05, 0) is 43.0 Å². The summed E-state index contributed by atoms with van der Waals surface area (Å²) in [5.41, 5.74) is 7.72. The number of anilines is 1. The lowest BCUT2D eigenvalue weighted by molar-refractivity contribution is -0.165. The second-order valence-corrected chi connectivity index (χ2v) is 6.33. The predicted octanol–water partition coefficient (Wildman–Crippen LogP) is 3.55. The summed E-state index contributed by atoms with van der Waals surface area (Å²) >= 11 is 0. The molecule has 144 valence electrons. The molecule has 1 atom stereocenters. The molecule has 1 heterocycles. The van der Waals surface area contributed by atoms with Crippen molar-refractivity contribution in [3.8, 4) is 5.75 Å². The summed E-state index contributed by atoms with van der Waals surface area (Å²) in [6.07, 6.45) is 2.95. The van der Waals surface area contributed by atoms with Crippen molar-refractivity contribution in [1.82, 2.24) is 0 Å². The summed E-state index contributed by atoms with van der Waals surface area (Å²) in [4.78, 5) is 12.3. The van der Waals surface area contributed by atoms with Crippen LogP contribution in [0, 0.1) is 0 Å². The first kappa shape index (κ1) is 19.2. The quantitative estimate of drug-likeness (QED) is 0.434. The molecule has 1 saturated heterocycles. The number of nitrogens with two attached hydrogens (primary N) is 1. The van der Waals surface area contributed by atoms with E-state index in [0.717, 1.165) is 31.4 Å². The van der Waals surface area contributed by atoms with Crippen LogP contribution in [0.3, 0.4) is 0 Å². The molecule has 0 saturated carbocycles. The first-order valence-electron chi connectivity index (χ1n) is 9.19. The Balaban J connectivity index is 1.48. The summed E-state index contributed by atoms with van der Waals surface area (Å²) in [6.45, 7) is 1.68. The Morgan fingerprint density at radius 3 is 2.74 bits per heavy atom. The smallest absolute Gasteiger partial charge is 0.338 e. The zero-order chi connectivity index (χ0) is 18.9. The minimum absolute atomic E-state index is 0.154. The Labute approximate surface area is 159 Å². The molecule has 2 N–H and O–H groups in total. The largest absolute Gasteiger partial charge is 0.489 e. The van der Waals surface area contributed by atoms with E-state index in [1.54, 1.807) is 18.2 Å². The molecular formula is C21H25NO5. The van der Waals surface area contributed by atoms with Gasteiger partial charge in [0.2, 0.25) is 0 Å². The minimum atomic E-state index is -0.421. The molecule has 27 heavy (non-hydrogen) atoms. The maximum atomic E-state index is 12.3. The second-order valence-electron chi connectivity index (χ2n) is 6.33. The van der Waals surface area contributed by atoms with Crippen LogP contribution >= 0.6 is 0 Å². The molecule has 2 aromatic rings. The molecule has 6 nitrogen and oxygen atoms in total. The van der Waals surface area contributed by atoms with Gasteiger partial charge in [0.15, 0.2) is 6.29 Å². The third-order valence-electron chi connectivity index (χ3n) is 4.24. The lowest BCUT2D eigenvalue weighted by Gasteiger charge is -2.22. The lowest BCUT2D eigenvalue weighted by atomic mass is 10.2. The zero-order valence-corrected chi connectivity index (χ0v) is 15.3. The number of carbonyl (C=O) groups excluding carboxylic acids is 1. The van der Waals surface area contributed by atoms with Crippen molar-refractivity contribution in [2.24, 2.45) is 0 Å². The standard InChI is InChI=1S/C21H25NO5/c22-18-10-9-17(21(23)27-15-16-6-2-1-3-7-16)14-19(18)24-12-13-26-20-8-4-5-11-25-20/h1-3,6-7,9-10,14,20H,4-5,8,11-13,15,22H2. The number of hydrogen-bond acceptors (Lipinski definition) is 6. The number of rotatable bonds is 8. The average Bonchev–Trinajstić information content (AvgIpc) is 2.72. The molecule has 1 aliphatic heterocycles. The third-order valence-corrected chi connectivity index (χ3v) is 4.24. The van der Waals surface area contributed by atoms with Gasteiger partial charge in [-0.1, -0.05) is 30.3 Å². The van der Waals surface area contributed by atoms with Crippen LogP contribution in [0.4, 0.5) is 5.69 Å². The van der Waals surface area contributed by atoms with Gasteiger partial charge in [0.1, 0.15) is 19.0 Å². The Bertz CT molecular complexity index is 729. The van der Waals surface area contributed by atoms with Gasteiger partial charge < -0.3 is 24.7 Å². The Morgan fingerprint density at radius 1 is 1.11 bits per heavy atom. The van der Waals surface area contributed by atoms with E-state index in [1.165, 1.54) is 0 Å². The molecule has 0 aromatic heterocycles. The van der Waals surface area contributed by atoms with Crippen LogP contribution in [-0.2, 0) is 20.8 Å². The molecule has 1 aliphatic rings. The Kier molecular flexibility index (Phi) is 7.07. The fourth-order valence-electron chi connectivity index (χ4n) is 2.77. The van der Waals surface area contributed by atoms with Gasteiger partial charge in [-0.3, -0.25) is 0 Å². The number of carbonyl (C=O) groups is 1. The fourth-order valence-corrected chi connectivity index (χ4v) is 2.77. The highest BCUT2D eigenvalue weighted by Gasteiger charge is 2.14. The third kappa shape index (κ3) is 5.98. The summed E-state index contributed by atoms with van der Waals surface area (Å²) in [5.74, 6) is 0.0212. The van der Waals surface area contributed by atoms with Gasteiger partial charge in [0.25, 0.3) is 0 Å². The molecule has 0 bridgehead atoms. The van der Waals surface area contributed by atoms with Crippen molar-refractivity contribution in [2.75, 3.05) is 25.6 Å². The van der Waals surface area contributed by atoms with Gasteiger partial charge in [-0.25, -0.2) is 4.79 Å². The van der Waals surface area contributed by atoms with Gasteiger partial charge in [-0.15, -0.1) is 0 Å². The van der Waals surface area contributed by atoms with E-state index in [1.807, 2.05) is 30.3 Å². The predicted molar refractivity (Wildman–Crippen MR) is 101 cm³/mol. The fraction of sp³-hybridized carbons (Fsp3) is 0.381. The number of nitrogen functional groups attached to an aromatic ring is 1. The van der Waals surface area contributed by atoms with Crippen LogP contribution in [0.1, 0.15) is 35.2 Å². The van der Waals surface area contributed by atoms with Crippen molar-refractivity contribution < 1.29 is 23.7 Å². The molecule has 3 rings (SSSR count). The lowest BCUT2D eigenvalue weighted by Crippen LogP contribution is -2.24. The van der Waals surface area contributed by atoms with Crippen LogP contribution in [0.5, 0.6) is 5.75 Å². The first-order chi connectivity index (χ1) is 13.2. The van der Waals surface area contributed by atoms with E-state index in [0.29, 0.717) is 30.2 Å². The van der Waals surface area contributed by atoms with Crippen LogP contribution < -0.4 is 10.5 Å². The van der Waals surface area contributed by atoms with E-state index < -0.39 is 5.97 Å². The monoisotopic (exact) mass is 371 g/mol. The highest BCUT2D eigenvalue weighted by atomic mass is 16.7. The van der Waals surface area contributed by atoms with Crippen LogP contribution in [0.25, 0.3) is 0 Å². The maximum Gasteiger partial charge on any atom is 0.338 e. The molecule has 2 aromatic carbocycles. The molecule has 1 unspecified atom stereocenters. The van der Waals surface area contributed by atoms with E-state index >= 15 is 0 Å². The molecule has 6 heteroatoms. The first-order valence-corrected chi connectivity index (χ1v) is 9.19. The van der Waals surface area contributed by atoms with Crippen molar-refractivity contribution in [3.05, 3.63) is 59.7 Å². The highest BCUT2D eigenvalue weighted by molar-refractivity contribution is 5.90. The van der Waals surface area contributed by atoms with E-state index in [-0.39, 0.29) is 12.9 Å². The minimum Gasteiger partial charge on any atom is -0.489 e. The molecule has 1 fully saturated rings. The molecule has 0 radical (unpaired) electrons. The maximum absolute atomic E-state index is 12.3. The average molecular weight is 371 g/mol. The number of benzene rings is 2. The summed E-state index contributed by atoms with van der Waals surface area (Å²) in [5, 5.41) is 0. The van der Waals surface area contributed by atoms with Crippen LogP contribution in [0.2, 0.25) is 0 Å². The van der Waals surface area contributed by atoms with Crippen LogP contribution in [0.15, 0.2) is 48.5 Å². The van der Waals surface area contributed by atoms with E-state index in [9.17, 15) is 4.79 Å². The van der Waals surface area contributed by atoms with Crippen LogP contribution in [-0.4, -0.2) is 32.1 Å². The molecular weight excluding hydrogens is 346 g/mol. The van der Waals surface area contributed by atoms with Crippen molar-refractivity contribution in [3.63, 3.8) is 0 Å². The van der Waals surface area contributed by atoms with Gasteiger partial charge >= 0.3 is 5.97 Å². The van der Waals surface area contributed by atoms with Crippen molar-refractivity contribution in [1.29, 1.82) is 0 Å². The molecule has 0 aliphatic carbocycles. The van der Waals surface area contributed by atoms with E-state index in [2.05, 4.69) is 0 Å². The summed E-state index contributed by atoms with van der Waals surface area (Å²) in [7, 11) is 0. The second kappa shape index (κ2) is 9.94. The topological polar surface area (TPSA) is 80.0 Å². The number of esters is 1. The van der Waals surface area contributed by atoms with Gasteiger partial charge in [0, 0.05) is 6.61 Å². The SMILES string of the molecule is Nc1ccc(C(=O)OCc2ccccc2)cc1OCCOC1CCCCO1. The van der Waals surface area contributed by atoms with Gasteiger partial charge in [0.05, 0.1) is 17.9 Å². The number of ether oxygens (including phenoxy) is 4. The Morgan fingerprint density at radius 2 is 1.96 bits per heavy atom. The highest BCUT2D eigenvalue weighted by Crippen LogP contribution is 2.23.